The number of carbonyl (C=O) groups is 1. The number of hydrogen-bond acceptors (Lipinski definition) is 3. The van der Waals surface area contributed by atoms with Crippen molar-refractivity contribution in [1.82, 2.24) is 4.98 Å². The number of fused-ring (bicyclic) bond motifs is 1. The van der Waals surface area contributed by atoms with Gasteiger partial charge in [0.1, 0.15) is 5.69 Å². The van der Waals surface area contributed by atoms with Crippen molar-refractivity contribution in [3.05, 3.63) is 38.4 Å². The zero-order valence-electron chi connectivity index (χ0n) is 8.63. The molecule has 0 radical (unpaired) electrons. The number of pyridine rings is 1. The molecule has 3 nitrogen and oxygen atoms in total. The van der Waals surface area contributed by atoms with Crippen LogP contribution in [-0.2, 0) is 4.74 Å². The molecule has 0 fully saturated rings. The van der Waals surface area contributed by atoms with Crippen LogP contribution < -0.4 is 0 Å². The van der Waals surface area contributed by atoms with E-state index in [1.807, 2.05) is 0 Å². The number of esters is 1. The highest BCUT2D eigenvalue weighted by Gasteiger charge is 2.13. The number of halogens is 3. The van der Waals surface area contributed by atoms with Crippen LogP contribution in [0, 0.1) is 0 Å². The first-order valence-corrected chi connectivity index (χ1v) is 6.12. The molecule has 0 saturated heterocycles. The Morgan fingerprint density at radius 2 is 2.06 bits per heavy atom. The second kappa shape index (κ2) is 4.80. The molecule has 0 bridgehead atoms. The summed E-state index contributed by atoms with van der Waals surface area (Å²) in [7, 11) is 1.30. The number of aromatic nitrogens is 1. The van der Waals surface area contributed by atoms with Crippen LogP contribution in [0.15, 0.2) is 22.7 Å². The van der Waals surface area contributed by atoms with Gasteiger partial charge in [0.2, 0.25) is 0 Å². The largest absolute Gasteiger partial charge is 0.464 e. The maximum absolute atomic E-state index is 11.4. The second-order valence-electron chi connectivity index (χ2n) is 3.25. The Labute approximate surface area is 116 Å². The maximum atomic E-state index is 11.4. The molecule has 0 saturated carbocycles. The predicted molar refractivity (Wildman–Crippen MR) is 70.8 cm³/mol. The predicted octanol–water partition coefficient (Wildman–Crippen LogP) is 4.09. The van der Waals surface area contributed by atoms with Gasteiger partial charge in [0.25, 0.3) is 0 Å². The summed E-state index contributed by atoms with van der Waals surface area (Å²) in [5, 5.41) is 1.47. The van der Waals surface area contributed by atoms with Crippen molar-refractivity contribution in [3.8, 4) is 0 Å². The molecule has 0 amide bonds. The van der Waals surface area contributed by atoms with Crippen molar-refractivity contribution in [1.29, 1.82) is 0 Å². The van der Waals surface area contributed by atoms with E-state index in [-0.39, 0.29) is 5.69 Å². The van der Waals surface area contributed by atoms with Gasteiger partial charge in [-0.15, -0.1) is 0 Å². The summed E-state index contributed by atoms with van der Waals surface area (Å²) in [6.07, 6.45) is 0. The van der Waals surface area contributed by atoms with E-state index in [9.17, 15) is 4.79 Å². The van der Waals surface area contributed by atoms with Crippen molar-refractivity contribution in [2.45, 2.75) is 0 Å². The van der Waals surface area contributed by atoms with Crippen molar-refractivity contribution >= 4 is 56.0 Å². The summed E-state index contributed by atoms with van der Waals surface area (Å²) in [6, 6.07) is 5.10. The summed E-state index contributed by atoms with van der Waals surface area (Å²) >= 11 is 15.4. The number of methoxy groups -OCH3 is 1. The Bertz CT molecular complexity index is 616. The molecule has 0 unspecified atom stereocenters. The Balaban J connectivity index is 2.73. The molecule has 0 aliphatic rings. The molecular formula is C11H6BrCl2NO2. The first-order chi connectivity index (χ1) is 8.04. The van der Waals surface area contributed by atoms with Crippen LogP contribution in [0.5, 0.6) is 0 Å². The fourth-order valence-electron chi connectivity index (χ4n) is 1.39. The average Bonchev–Trinajstić information content (AvgIpc) is 2.35. The minimum Gasteiger partial charge on any atom is -0.464 e. The van der Waals surface area contributed by atoms with Crippen molar-refractivity contribution in [3.63, 3.8) is 0 Å². The highest BCUT2D eigenvalue weighted by molar-refractivity contribution is 9.10. The lowest BCUT2D eigenvalue weighted by atomic mass is 10.2. The zero-order valence-corrected chi connectivity index (χ0v) is 11.7. The van der Waals surface area contributed by atoms with E-state index >= 15 is 0 Å². The van der Waals surface area contributed by atoms with Gasteiger partial charge in [-0.05, 0) is 28.1 Å². The minimum absolute atomic E-state index is 0.195. The first kappa shape index (κ1) is 12.6. The Kier molecular flexibility index (Phi) is 3.56. The molecule has 0 N–H and O–H groups in total. The number of benzene rings is 1. The van der Waals surface area contributed by atoms with Gasteiger partial charge in [-0.3, -0.25) is 0 Å². The first-order valence-electron chi connectivity index (χ1n) is 4.57. The molecule has 1 heterocycles. The maximum Gasteiger partial charge on any atom is 0.356 e. The van der Waals surface area contributed by atoms with E-state index in [1.54, 1.807) is 18.2 Å². The molecule has 88 valence electrons. The quantitative estimate of drug-likeness (QED) is 0.582. The SMILES string of the molecule is COC(=O)c1ccc2cc(Br)c(Cl)c(Cl)c2n1. The standard InChI is InChI=1S/C11H6BrCl2NO2/c1-17-11(16)7-3-2-5-4-6(12)8(13)9(14)10(5)15-7/h2-4H,1H3. The summed E-state index contributed by atoms with van der Waals surface area (Å²) in [5.41, 5.74) is 0.669. The van der Waals surface area contributed by atoms with Gasteiger partial charge in [-0.2, -0.15) is 0 Å². The lowest BCUT2D eigenvalue weighted by Gasteiger charge is -2.06. The normalized spacial score (nSPS) is 10.6. The lowest BCUT2D eigenvalue weighted by Crippen LogP contribution is -2.04. The van der Waals surface area contributed by atoms with E-state index in [4.69, 9.17) is 23.2 Å². The third-order valence-electron chi connectivity index (χ3n) is 2.21. The number of nitrogens with zero attached hydrogens (tertiary/aromatic N) is 1. The molecule has 17 heavy (non-hydrogen) atoms. The number of carbonyl (C=O) groups excluding carboxylic acids is 1. The van der Waals surface area contributed by atoms with Crippen LogP contribution in [0.2, 0.25) is 10.0 Å². The number of ether oxygens (including phenoxy) is 1. The molecule has 0 aliphatic carbocycles. The molecule has 2 rings (SSSR count). The molecule has 2 aromatic rings. The van der Waals surface area contributed by atoms with E-state index in [0.717, 1.165) is 5.39 Å². The van der Waals surface area contributed by atoms with Gasteiger partial charge in [-0.1, -0.05) is 29.3 Å². The molecule has 0 atom stereocenters. The zero-order chi connectivity index (χ0) is 12.6. The van der Waals surface area contributed by atoms with Crippen LogP contribution in [0.4, 0.5) is 0 Å². The van der Waals surface area contributed by atoms with Crippen LogP contribution >= 0.6 is 39.1 Å². The van der Waals surface area contributed by atoms with Gasteiger partial charge < -0.3 is 4.74 Å². The number of hydrogen-bond donors (Lipinski definition) is 0. The monoisotopic (exact) mass is 333 g/mol. The number of rotatable bonds is 1. The average molecular weight is 335 g/mol. The highest BCUT2D eigenvalue weighted by Crippen LogP contribution is 2.36. The van der Waals surface area contributed by atoms with Gasteiger partial charge in [-0.25, -0.2) is 9.78 Å². The fourth-order valence-corrected chi connectivity index (χ4v) is 2.35. The molecule has 0 spiro atoms. The van der Waals surface area contributed by atoms with E-state index in [2.05, 4.69) is 25.7 Å². The van der Waals surface area contributed by atoms with E-state index < -0.39 is 5.97 Å². The molecule has 1 aromatic heterocycles. The lowest BCUT2D eigenvalue weighted by molar-refractivity contribution is 0.0594. The van der Waals surface area contributed by atoms with Gasteiger partial charge in [0.15, 0.2) is 0 Å². The summed E-state index contributed by atoms with van der Waals surface area (Å²) in [4.78, 5) is 15.5. The van der Waals surface area contributed by atoms with Crippen LogP contribution in [0.3, 0.4) is 0 Å². The molecule has 1 aromatic carbocycles. The van der Waals surface area contributed by atoms with Gasteiger partial charge in [0, 0.05) is 9.86 Å². The second-order valence-corrected chi connectivity index (χ2v) is 4.86. The van der Waals surface area contributed by atoms with Gasteiger partial charge in [0.05, 0.1) is 22.7 Å². The van der Waals surface area contributed by atoms with Crippen LogP contribution in [0.25, 0.3) is 10.9 Å². The van der Waals surface area contributed by atoms with Crippen molar-refractivity contribution in [2.75, 3.05) is 7.11 Å². The van der Waals surface area contributed by atoms with Gasteiger partial charge >= 0.3 is 5.97 Å². The summed E-state index contributed by atoms with van der Waals surface area (Å²) < 4.78 is 5.28. The third-order valence-corrected chi connectivity index (χ3v) is 3.92. The van der Waals surface area contributed by atoms with Crippen molar-refractivity contribution in [2.24, 2.45) is 0 Å². The highest BCUT2D eigenvalue weighted by atomic mass is 79.9. The Morgan fingerprint density at radius 3 is 2.71 bits per heavy atom. The Hall–Kier alpha value is -0.840. The summed E-state index contributed by atoms with van der Waals surface area (Å²) in [5.74, 6) is -0.512. The van der Waals surface area contributed by atoms with E-state index in [0.29, 0.717) is 20.0 Å². The molecule has 0 aliphatic heterocycles. The topological polar surface area (TPSA) is 39.2 Å². The summed E-state index contributed by atoms with van der Waals surface area (Å²) in [6.45, 7) is 0. The Morgan fingerprint density at radius 1 is 1.35 bits per heavy atom. The fraction of sp³-hybridized carbons (Fsp3) is 0.0909. The van der Waals surface area contributed by atoms with Crippen LogP contribution in [-0.4, -0.2) is 18.1 Å². The molecule has 6 heteroatoms. The van der Waals surface area contributed by atoms with Crippen LogP contribution in [0.1, 0.15) is 10.5 Å². The van der Waals surface area contributed by atoms with E-state index in [1.165, 1.54) is 7.11 Å². The minimum atomic E-state index is -0.512. The smallest absolute Gasteiger partial charge is 0.356 e. The molecular weight excluding hydrogens is 329 g/mol. The van der Waals surface area contributed by atoms with Crippen molar-refractivity contribution < 1.29 is 9.53 Å². The third kappa shape index (κ3) is 2.25.